The second kappa shape index (κ2) is 4.27. The van der Waals surface area contributed by atoms with Gasteiger partial charge in [0.2, 0.25) is 0 Å². The Labute approximate surface area is 86.0 Å². The van der Waals surface area contributed by atoms with E-state index >= 15 is 0 Å². The molecule has 0 fully saturated rings. The zero-order valence-electron chi connectivity index (χ0n) is 9.41. The van der Waals surface area contributed by atoms with E-state index < -0.39 is 0 Å². The van der Waals surface area contributed by atoms with Crippen LogP contribution in [0.2, 0.25) is 0 Å². The molecule has 0 saturated carbocycles. The highest BCUT2D eigenvalue weighted by molar-refractivity contribution is 5.99. The molecule has 0 aromatic carbocycles. The Kier molecular flexibility index (Phi) is 3.28. The first kappa shape index (κ1) is 10.8. The lowest BCUT2D eigenvalue weighted by atomic mass is 10.2. The Bertz CT molecular complexity index is 356. The minimum absolute atomic E-state index is 0.466. The smallest absolute Gasteiger partial charge is 0.0654 e. The molecule has 0 aliphatic carbocycles. The highest BCUT2D eigenvalue weighted by Crippen LogP contribution is 2.16. The third-order valence-electron chi connectivity index (χ3n) is 2.30. The van der Waals surface area contributed by atoms with Crippen LogP contribution >= 0.6 is 0 Å². The van der Waals surface area contributed by atoms with Gasteiger partial charge in [-0.05, 0) is 39.3 Å². The molecule has 1 aromatic heterocycles. The first-order valence-electron chi connectivity index (χ1n) is 4.91. The highest BCUT2D eigenvalue weighted by Gasteiger charge is 2.10. The molecular weight excluding hydrogens is 172 g/mol. The summed E-state index contributed by atoms with van der Waals surface area (Å²) in [5, 5.41) is 0. The Balaban J connectivity index is 3.24. The maximum absolute atomic E-state index is 4.23. The number of aromatic nitrogens is 1. The summed E-state index contributed by atoms with van der Waals surface area (Å²) in [5.74, 6) is 0. The summed E-state index contributed by atoms with van der Waals surface area (Å²) in [6.07, 6.45) is 3.70. The van der Waals surface area contributed by atoms with Gasteiger partial charge < -0.3 is 4.57 Å². The molecule has 1 rings (SSSR count). The molecule has 1 heterocycles. The largest absolute Gasteiger partial charge is 0.344 e. The lowest BCUT2D eigenvalue weighted by molar-refractivity contribution is 0.598. The summed E-state index contributed by atoms with van der Waals surface area (Å²) < 4.78 is 2.23. The van der Waals surface area contributed by atoms with Crippen molar-refractivity contribution in [3.8, 4) is 0 Å². The van der Waals surface area contributed by atoms with Gasteiger partial charge in [-0.25, -0.2) is 0 Å². The Morgan fingerprint density at radius 2 is 2.21 bits per heavy atom. The van der Waals surface area contributed by atoms with Gasteiger partial charge in [-0.3, -0.25) is 4.99 Å². The van der Waals surface area contributed by atoms with E-state index in [9.17, 15) is 0 Å². The predicted molar refractivity (Wildman–Crippen MR) is 62.0 cm³/mol. The maximum atomic E-state index is 4.23. The normalized spacial score (nSPS) is 12.2. The van der Waals surface area contributed by atoms with Gasteiger partial charge >= 0.3 is 0 Å². The van der Waals surface area contributed by atoms with Gasteiger partial charge in [0.25, 0.3) is 0 Å². The van der Waals surface area contributed by atoms with Crippen LogP contribution in [-0.4, -0.2) is 10.3 Å². The average molecular weight is 190 g/mol. The number of aliphatic imine (C=N–C) groups is 1. The van der Waals surface area contributed by atoms with Crippen molar-refractivity contribution < 1.29 is 0 Å². The van der Waals surface area contributed by atoms with E-state index in [0.717, 1.165) is 5.71 Å². The van der Waals surface area contributed by atoms with E-state index in [1.165, 1.54) is 11.3 Å². The quantitative estimate of drug-likeness (QED) is 0.650. The fourth-order valence-corrected chi connectivity index (χ4v) is 1.65. The van der Waals surface area contributed by atoms with Crippen LogP contribution in [0.15, 0.2) is 30.0 Å². The SMILES string of the molecule is C=CN=C(C)c1c(C)ccn1C(C)C. The van der Waals surface area contributed by atoms with Crippen molar-refractivity contribution in [1.82, 2.24) is 4.57 Å². The minimum Gasteiger partial charge on any atom is -0.344 e. The maximum Gasteiger partial charge on any atom is 0.0654 e. The van der Waals surface area contributed by atoms with Crippen molar-refractivity contribution in [2.24, 2.45) is 4.99 Å². The molecule has 1 aromatic rings. The van der Waals surface area contributed by atoms with Crippen molar-refractivity contribution >= 4 is 5.71 Å². The Morgan fingerprint density at radius 3 is 2.71 bits per heavy atom. The molecule has 76 valence electrons. The molecule has 0 spiro atoms. The van der Waals surface area contributed by atoms with E-state index in [-0.39, 0.29) is 0 Å². The second-order valence-corrected chi connectivity index (χ2v) is 3.75. The number of aryl methyl sites for hydroxylation is 1. The van der Waals surface area contributed by atoms with Crippen LogP contribution < -0.4 is 0 Å². The molecule has 0 unspecified atom stereocenters. The van der Waals surface area contributed by atoms with Crippen molar-refractivity contribution in [3.05, 3.63) is 36.3 Å². The summed E-state index contributed by atoms with van der Waals surface area (Å²) in [5.41, 5.74) is 3.50. The molecule has 0 saturated heterocycles. The van der Waals surface area contributed by atoms with Gasteiger partial charge in [0.05, 0.1) is 11.4 Å². The molecule has 2 heteroatoms. The van der Waals surface area contributed by atoms with E-state index in [1.807, 2.05) is 6.92 Å². The molecule has 14 heavy (non-hydrogen) atoms. The fourth-order valence-electron chi connectivity index (χ4n) is 1.65. The van der Waals surface area contributed by atoms with Gasteiger partial charge in [-0.1, -0.05) is 6.58 Å². The third kappa shape index (κ3) is 1.95. The number of hydrogen-bond acceptors (Lipinski definition) is 1. The second-order valence-electron chi connectivity index (χ2n) is 3.75. The van der Waals surface area contributed by atoms with Crippen molar-refractivity contribution in [1.29, 1.82) is 0 Å². The van der Waals surface area contributed by atoms with Crippen molar-refractivity contribution in [2.75, 3.05) is 0 Å². The molecule has 0 bridgehead atoms. The zero-order chi connectivity index (χ0) is 10.7. The summed E-state index contributed by atoms with van der Waals surface area (Å²) in [4.78, 5) is 4.23. The standard InChI is InChI=1S/C12H18N2/c1-6-13-11(5)12-10(4)7-8-14(12)9(2)3/h6-9H,1H2,2-5H3. The zero-order valence-corrected chi connectivity index (χ0v) is 9.41. The van der Waals surface area contributed by atoms with Crippen LogP contribution in [0.3, 0.4) is 0 Å². The van der Waals surface area contributed by atoms with Gasteiger partial charge in [-0.15, -0.1) is 0 Å². The summed E-state index contributed by atoms with van der Waals surface area (Å²) >= 11 is 0. The molecule has 0 radical (unpaired) electrons. The monoisotopic (exact) mass is 190 g/mol. The molecular formula is C12H18N2. The molecule has 0 N–H and O–H groups in total. The van der Waals surface area contributed by atoms with Crippen LogP contribution in [0, 0.1) is 6.92 Å². The van der Waals surface area contributed by atoms with Gasteiger partial charge in [0.15, 0.2) is 0 Å². The van der Waals surface area contributed by atoms with Crippen LogP contribution in [0.5, 0.6) is 0 Å². The first-order valence-corrected chi connectivity index (χ1v) is 4.91. The Morgan fingerprint density at radius 1 is 1.57 bits per heavy atom. The van der Waals surface area contributed by atoms with Crippen molar-refractivity contribution in [2.45, 2.75) is 33.7 Å². The fraction of sp³-hybridized carbons (Fsp3) is 0.417. The summed E-state index contributed by atoms with van der Waals surface area (Å²) in [6, 6.07) is 2.59. The number of hydrogen-bond donors (Lipinski definition) is 0. The Hall–Kier alpha value is -1.31. The topological polar surface area (TPSA) is 17.3 Å². The van der Waals surface area contributed by atoms with E-state index in [2.05, 4.69) is 49.2 Å². The highest BCUT2D eigenvalue weighted by atomic mass is 15.0. The third-order valence-corrected chi connectivity index (χ3v) is 2.30. The van der Waals surface area contributed by atoms with Gasteiger partial charge in [0.1, 0.15) is 0 Å². The molecule has 0 atom stereocenters. The van der Waals surface area contributed by atoms with Crippen LogP contribution in [0.25, 0.3) is 0 Å². The van der Waals surface area contributed by atoms with Crippen LogP contribution in [-0.2, 0) is 0 Å². The van der Waals surface area contributed by atoms with Crippen molar-refractivity contribution in [3.63, 3.8) is 0 Å². The summed E-state index contributed by atoms with van der Waals surface area (Å²) in [7, 11) is 0. The first-order chi connectivity index (χ1) is 6.57. The molecule has 0 amide bonds. The molecule has 0 aliphatic rings. The van der Waals surface area contributed by atoms with Gasteiger partial charge in [-0.2, -0.15) is 0 Å². The minimum atomic E-state index is 0.466. The number of rotatable bonds is 3. The predicted octanol–water partition coefficient (Wildman–Crippen LogP) is 3.33. The average Bonchev–Trinajstić information content (AvgIpc) is 2.47. The molecule has 0 aliphatic heterocycles. The summed E-state index contributed by atoms with van der Waals surface area (Å²) in [6.45, 7) is 12.1. The number of nitrogens with zero attached hydrogens (tertiary/aromatic N) is 2. The van der Waals surface area contributed by atoms with Crippen LogP contribution in [0.4, 0.5) is 0 Å². The van der Waals surface area contributed by atoms with Crippen LogP contribution in [0.1, 0.15) is 38.1 Å². The van der Waals surface area contributed by atoms with E-state index in [1.54, 1.807) is 6.20 Å². The lowest BCUT2D eigenvalue weighted by Crippen LogP contribution is -2.09. The van der Waals surface area contributed by atoms with E-state index in [4.69, 9.17) is 0 Å². The lowest BCUT2D eigenvalue weighted by Gasteiger charge is -2.13. The van der Waals surface area contributed by atoms with Gasteiger partial charge in [0, 0.05) is 18.4 Å². The molecule has 2 nitrogen and oxygen atoms in total. The van der Waals surface area contributed by atoms with E-state index in [0.29, 0.717) is 6.04 Å².